The summed E-state index contributed by atoms with van der Waals surface area (Å²) in [6, 6.07) is 12.9. The SMILES string of the molecule is CCOc1ccc(C(=O)N2CCOCC2)cc1COc1ccccc1OC. The van der Waals surface area contributed by atoms with Crippen molar-refractivity contribution >= 4 is 5.91 Å². The molecule has 1 heterocycles. The second kappa shape index (κ2) is 9.28. The lowest BCUT2D eigenvalue weighted by Gasteiger charge is -2.27. The van der Waals surface area contributed by atoms with Gasteiger partial charge in [0.1, 0.15) is 12.4 Å². The highest BCUT2D eigenvalue weighted by molar-refractivity contribution is 5.94. The lowest BCUT2D eigenvalue weighted by Crippen LogP contribution is -2.40. The molecular formula is C21H25NO5. The van der Waals surface area contributed by atoms with Crippen LogP contribution in [-0.4, -0.2) is 50.8 Å². The first-order chi connectivity index (χ1) is 13.2. The van der Waals surface area contributed by atoms with E-state index in [1.54, 1.807) is 13.2 Å². The number of hydrogen-bond donors (Lipinski definition) is 0. The van der Waals surface area contributed by atoms with Gasteiger partial charge in [0.05, 0.1) is 26.9 Å². The van der Waals surface area contributed by atoms with Gasteiger partial charge >= 0.3 is 0 Å². The fourth-order valence-corrected chi connectivity index (χ4v) is 2.96. The van der Waals surface area contributed by atoms with Crippen molar-refractivity contribution in [1.29, 1.82) is 0 Å². The second-order valence-electron chi connectivity index (χ2n) is 6.10. The van der Waals surface area contributed by atoms with Gasteiger partial charge in [-0.2, -0.15) is 0 Å². The molecule has 144 valence electrons. The van der Waals surface area contributed by atoms with Crippen LogP contribution in [0, 0.1) is 0 Å². The summed E-state index contributed by atoms with van der Waals surface area (Å²) < 4.78 is 22.3. The molecule has 0 aromatic heterocycles. The topological polar surface area (TPSA) is 57.2 Å². The minimum Gasteiger partial charge on any atom is -0.493 e. The number of methoxy groups -OCH3 is 1. The fourth-order valence-electron chi connectivity index (χ4n) is 2.96. The first-order valence-corrected chi connectivity index (χ1v) is 9.11. The molecule has 0 saturated carbocycles. The molecule has 2 aromatic rings. The Hall–Kier alpha value is -2.73. The van der Waals surface area contributed by atoms with Crippen LogP contribution in [0.3, 0.4) is 0 Å². The number of amides is 1. The third-order valence-corrected chi connectivity index (χ3v) is 4.36. The van der Waals surface area contributed by atoms with Gasteiger partial charge < -0.3 is 23.8 Å². The Morgan fingerprint density at radius 1 is 1.04 bits per heavy atom. The minimum atomic E-state index is -0.000102. The maximum atomic E-state index is 12.8. The number of rotatable bonds is 7. The Labute approximate surface area is 159 Å². The van der Waals surface area contributed by atoms with E-state index < -0.39 is 0 Å². The summed E-state index contributed by atoms with van der Waals surface area (Å²) in [6.45, 7) is 5.12. The van der Waals surface area contributed by atoms with Crippen LogP contribution in [0.4, 0.5) is 0 Å². The summed E-state index contributed by atoms with van der Waals surface area (Å²) >= 11 is 0. The summed E-state index contributed by atoms with van der Waals surface area (Å²) in [4.78, 5) is 14.6. The molecule has 0 N–H and O–H groups in total. The molecule has 1 saturated heterocycles. The molecule has 1 aliphatic heterocycles. The van der Waals surface area contributed by atoms with E-state index in [9.17, 15) is 4.79 Å². The van der Waals surface area contributed by atoms with E-state index in [4.69, 9.17) is 18.9 Å². The van der Waals surface area contributed by atoms with Gasteiger partial charge in [0.25, 0.3) is 5.91 Å². The largest absolute Gasteiger partial charge is 0.493 e. The van der Waals surface area contributed by atoms with Crippen LogP contribution < -0.4 is 14.2 Å². The highest BCUT2D eigenvalue weighted by Gasteiger charge is 2.20. The molecule has 0 unspecified atom stereocenters. The summed E-state index contributed by atoms with van der Waals surface area (Å²) in [6.07, 6.45) is 0. The third kappa shape index (κ3) is 4.71. The zero-order valence-corrected chi connectivity index (χ0v) is 15.8. The molecule has 1 fully saturated rings. The quantitative estimate of drug-likeness (QED) is 0.748. The van der Waals surface area contributed by atoms with Gasteiger partial charge in [-0.15, -0.1) is 0 Å². The number of carbonyl (C=O) groups is 1. The number of ether oxygens (including phenoxy) is 4. The highest BCUT2D eigenvalue weighted by atomic mass is 16.5. The maximum Gasteiger partial charge on any atom is 0.254 e. The molecular weight excluding hydrogens is 346 g/mol. The fraction of sp³-hybridized carbons (Fsp3) is 0.381. The first-order valence-electron chi connectivity index (χ1n) is 9.11. The second-order valence-corrected chi connectivity index (χ2v) is 6.10. The molecule has 6 heteroatoms. The van der Waals surface area contributed by atoms with Crippen molar-refractivity contribution in [3.8, 4) is 17.2 Å². The molecule has 0 bridgehead atoms. The average Bonchev–Trinajstić information content (AvgIpc) is 2.73. The van der Waals surface area contributed by atoms with Crippen LogP contribution in [-0.2, 0) is 11.3 Å². The molecule has 0 radical (unpaired) electrons. The van der Waals surface area contributed by atoms with Gasteiger partial charge in [0, 0.05) is 24.2 Å². The van der Waals surface area contributed by atoms with Gasteiger partial charge in [-0.1, -0.05) is 12.1 Å². The highest BCUT2D eigenvalue weighted by Crippen LogP contribution is 2.29. The van der Waals surface area contributed by atoms with Crippen molar-refractivity contribution in [2.45, 2.75) is 13.5 Å². The first kappa shape index (κ1) is 19.0. The molecule has 0 aliphatic carbocycles. The summed E-state index contributed by atoms with van der Waals surface area (Å²) in [7, 11) is 1.61. The van der Waals surface area contributed by atoms with Gasteiger partial charge in [-0.25, -0.2) is 0 Å². The maximum absolute atomic E-state index is 12.8. The summed E-state index contributed by atoms with van der Waals surface area (Å²) in [5, 5.41) is 0. The van der Waals surface area contributed by atoms with Crippen molar-refractivity contribution in [3.05, 3.63) is 53.6 Å². The predicted octanol–water partition coefficient (Wildman–Crippen LogP) is 3.15. The molecule has 6 nitrogen and oxygen atoms in total. The zero-order chi connectivity index (χ0) is 19.1. The normalized spacial score (nSPS) is 13.9. The van der Waals surface area contributed by atoms with Crippen molar-refractivity contribution in [2.24, 2.45) is 0 Å². The average molecular weight is 371 g/mol. The van der Waals surface area contributed by atoms with Crippen LogP contribution in [0.1, 0.15) is 22.8 Å². The monoisotopic (exact) mass is 371 g/mol. The minimum absolute atomic E-state index is 0.000102. The Morgan fingerprint density at radius 2 is 1.78 bits per heavy atom. The van der Waals surface area contributed by atoms with Crippen molar-refractivity contribution in [1.82, 2.24) is 4.90 Å². The summed E-state index contributed by atoms with van der Waals surface area (Å²) in [5.41, 5.74) is 1.45. The van der Waals surface area contributed by atoms with Crippen LogP contribution in [0.25, 0.3) is 0 Å². The number of benzene rings is 2. The van der Waals surface area contributed by atoms with E-state index in [0.29, 0.717) is 55.7 Å². The van der Waals surface area contributed by atoms with Crippen LogP contribution in [0.5, 0.6) is 17.2 Å². The molecule has 1 aliphatic rings. The number of nitrogens with zero attached hydrogens (tertiary/aromatic N) is 1. The van der Waals surface area contributed by atoms with Gasteiger partial charge in [0.2, 0.25) is 0 Å². The Bertz CT molecular complexity index is 771. The van der Waals surface area contributed by atoms with E-state index >= 15 is 0 Å². The number of morpholine rings is 1. The van der Waals surface area contributed by atoms with Gasteiger partial charge in [0.15, 0.2) is 11.5 Å². The molecule has 0 spiro atoms. The number of para-hydroxylation sites is 2. The molecule has 2 aromatic carbocycles. The molecule has 0 atom stereocenters. The van der Waals surface area contributed by atoms with Crippen LogP contribution in [0.15, 0.2) is 42.5 Å². The number of hydrogen-bond acceptors (Lipinski definition) is 5. The van der Waals surface area contributed by atoms with Crippen molar-refractivity contribution < 1.29 is 23.7 Å². The Morgan fingerprint density at radius 3 is 2.48 bits per heavy atom. The molecule has 27 heavy (non-hydrogen) atoms. The van der Waals surface area contributed by atoms with Crippen LogP contribution in [0.2, 0.25) is 0 Å². The third-order valence-electron chi connectivity index (χ3n) is 4.36. The zero-order valence-electron chi connectivity index (χ0n) is 15.8. The molecule has 3 rings (SSSR count). The smallest absolute Gasteiger partial charge is 0.254 e. The molecule has 1 amide bonds. The van der Waals surface area contributed by atoms with E-state index in [1.165, 1.54) is 0 Å². The van der Waals surface area contributed by atoms with Gasteiger partial charge in [-0.05, 0) is 37.3 Å². The lowest BCUT2D eigenvalue weighted by atomic mass is 10.1. The standard InChI is InChI=1S/C21H25NO5/c1-3-26-18-9-8-16(21(23)22-10-12-25-13-11-22)14-17(18)15-27-20-7-5-4-6-19(20)24-2/h4-9,14H,3,10-13,15H2,1-2H3. The van der Waals surface area contributed by atoms with Gasteiger partial charge in [-0.3, -0.25) is 4.79 Å². The van der Waals surface area contributed by atoms with Crippen LogP contribution >= 0.6 is 0 Å². The van der Waals surface area contributed by atoms with E-state index in [2.05, 4.69) is 0 Å². The van der Waals surface area contributed by atoms with E-state index in [0.717, 1.165) is 5.56 Å². The lowest BCUT2D eigenvalue weighted by molar-refractivity contribution is 0.0302. The van der Waals surface area contributed by atoms with E-state index in [1.807, 2.05) is 48.2 Å². The predicted molar refractivity (Wildman–Crippen MR) is 102 cm³/mol. The number of carbonyl (C=O) groups excluding carboxylic acids is 1. The van der Waals surface area contributed by atoms with Crippen molar-refractivity contribution in [2.75, 3.05) is 40.0 Å². The van der Waals surface area contributed by atoms with Crippen molar-refractivity contribution in [3.63, 3.8) is 0 Å². The Kier molecular flexibility index (Phi) is 6.54. The van der Waals surface area contributed by atoms with E-state index in [-0.39, 0.29) is 12.5 Å². The Balaban J connectivity index is 1.80. The summed E-state index contributed by atoms with van der Waals surface area (Å²) in [5.74, 6) is 2.02.